The van der Waals surface area contributed by atoms with Gasteiger partial charge in [0.05, 0.1) is 12.8 Å². The van der Waals surface area contributed by atoms with Crippen molar-refractivity contribution in [3.63, 3.8) is 0 Å². The second kappa shape index (κ2) is 8.31. The maximum Gasteiger partial charge on any atom is 0.138 e. The van der Waals surface area contributed by atoms with E-state index in [-0.39, 0.29) is 0 Å². The third kappa shape index (κ3) is 4.66. The Morgan fingerprint density at radius 1 is 1.33 bits per heavy atom. The number of hydrogen-bond donors (Lipinski definition) is 1. The summed E-state index contributed by atoms with van der Waals surface area (Å²) in [6, 6.07) is 0. The highest BCUT2D eigenvalue weighted by Crippen LogP contribution is 2.32. The van der Waals surface area contributed by atoms with Crippen LogP contribution in [0.4, 0.5) is 0 Å². The maximum absolute atomic E-state index is 5.54. The number of allylic oxidation sites excluding steroid dienone is 4. The van der Waals surface area contributed by atoms with Gasteiger partial charge in [0.25, 0.3) is 0 Å². The van der Waals surface area contributed by atoms with Gasteiger partial charge in [0.1, 0.15) is 5.76 Å². The lowest BCUT2D eigenvalue weighted by atomic mass is 9.81. The largest absolute Gasteiger partial charge is 0.495 e. The van der Waals surface area contributed by atoms with Crippen molar-refractivity contribution in [1.82, 2.24) is 5.32 Å². The average Bonchev–Trinajstić information content (AvgIpc) is 2.66. The van der Waals surface area contributed by atoms with E-state index >= 15 is 0 Å². The summed E-state index contributed by atoms with van der Waals surface area (Å²) >= 11 is 0. The van der Waals surface area contributed by atoms with Crippen molar-refractivity contribution >= 4 is 0 Å². The van der Waals surface area contributed by atoms with Crippen LogP contribution in [0.1, 0.15) is 65.2 Å². The number of rotatable bonds is 8. The molecule has 1 atom stereocenters. The van der Waals surface area contributed by atoms with Crippen LogP contribution in [0.15, 0.2) is 35.4 Å². The smallest absolute Gasteiger partial charge is 0.138 e. The van der Waals surface area contributed by atoms with Gasteiger partial charge in [0.15, 0.2) is 0 Å². The molecule has 0 aromatic heterocycles. The fourth-order valence-corrected chi connectivity index (χ4v) is 3.19. The van der Waals surface area contributed by atoms with Gasteiger partial charge in [-0.3, -0.25) is 0 Å². The van der Waals surface area contributed by atoms with Gasteiger partial charge < -0.3 is 10.1 Å². The SMILES string of the molecule is CCC1=C(OC)C=C(C(C)CCCCC2CCC2)C=CN1. The lowest BCUT2D eigenvalue weighted by molar-refractivity contribution is 0.285. The molecule has 1 saturated carbocycles. The van der Waals surface area contributed by atoms with Crippen LogP contribution in [0.5, 0.6) is 0 Å². The minimum absolute atomic E-state index is 0.603. The zero-order valence-corrected chi connectivity index (χ0v) is 14.0. The highest BCUT2D eigenvalue weighted by Gasteiger charge is 2.17. The zero-order chi connectivity index (χ0) is 15.1. The van der Waals surface area contributed by atoms with Crippen LogP contribution in [-0.2, 0) is 4.74 Å². The Bertz CT molecular complexity index is 415. The molecule has 1 aliphatic carbocycles. The molecule has 0 aromatic carbocycles. The van der Waals surface area contributed by atoms with Crippen molar-refractivity contribution in [1.29, 1.82) is 0 Å². The number of nitrogens with one attached hydrogen (secondary N) is 1. The van der Waals surface area contributed by atoms with Crippen LogP contribution in [0.2, 0.25) is 0 Å². The van der Waals surface area contributed by atoms with Crippen LogP contribution in [-0.4, -0.2) is 7.11 Å². The minimum atomic E-state index is 0.603. The van der Waals surface area contributed by atoms with Crippen molar-refractivity contribution in [3.05, 3.63) is 35.4 Å². The molecule has 1 N–H and O–H groups in total. The molecule has 1 fully saturated rings. The molecule has 2 rings (SSSR count). The molecule has 0 radical (unpaired) electrons. The van der Waals surface area contributed by atoms with Gasteiger partial charge in [0.2, 0.25) is 0 Å². The van der Waals surface area contributed by atoms with Crippen molar-refractivity contribution in [2.24, 2.45) is 11.8 Å². The normalized spacial score (nSPS) is 20.4. The predicted molar refractivity (Wildman–Crippen MR) is 89.7 cm³/mol. The Balaban J connectivity index is 1.83. The van der Waals surface area contributed by atoms with Crippen molar-refractivity contribution in [2.75, 3.05) is 7.11 Å². The quantitative estimate of drug-likeness (QED) is 0.613. The Labute approximate surface area is 130 Å². The summed E-state index contributed by atoms with van der Waals surface area (Å²) in [6.07, 6.45) is 17.4. The number of hydrogen-bond acceptors (Lipinski definition) is 2. The third-order valence-corrected chi connectivity index (χ3v) is 5.00. The fourth-order valence-electron chi connectivity index (χ4n) is 3.19. The average molecular weight is 289 g/mol. The van der Waals surface area contributed by atoms with Gasteiger partial charge in [-0.05, 0) is 42.4 Å². The molecule has 1 aliphatic heterocycles. The Morgan fingerprint density at radius 3 is 2.76 bits per heavy atom. The van der Waals surface area contributed by atoms with Crippen LogP contribution in [0, 0.1) is 11.8 Å². The van der Waals surface area contributed by atoms with Gasteiger partial charge in [0, 0.05) is 6.20 Å². The summed E-state index contributed by atoms with van der Waals surface area (Å²) in [7, 11) is 1.76. The summed E-state index contributed by atoms with van der Waals surface area (Å²) in [5.74, 6) is 2.64. The van der Waals surface area contributed by atoms with E-state index in [1.165, 1.54) is 56.2 Å². The first-order valence-corrected chi connectivity index (χ1v) is 8.66. The molecular formula is C19H31NO. The molecule has 2 aliphatic rings. The van der Waals surface area contributed by atoms with Crippen LogP contribution in [0.3, 0.4) is 0 Å². The summed E-state index contributed by atoms with van der Waals surface area (Å²) < 4.78 is 5.54. The molecule has 0 spiro atoms. The molecule has 0 amide bonds. The molecular weight excluding hydrogens is 258 g/mol. The van der Waals surface area contributed by atoms with E-state index in [0.29, 0.717) is 5.92 Å². The molecule has 21 heavy (non-hydrogen) atoms. The first kappa shape index (κ1) is 16.2. The number of unbranched alkanes of at least 4 members (excludes halogenated alkanes) is 1. The fraction of sp³-hybridized carbons (Fsp3) is 0.684. The van der Waals surface area contributed by atoms with Crippen LogP contribution in [0.25, 0.3) is 0 Å². The first-order valence-electron chi connectivity index (χ1n) is 8.66. The zero-order valence-electron chi connectivity index (χ0n) is 14.0. The van der Waals surface area contributed by atoms with E-state index < -0.39 is 0 Å². The lowest BCUT2D eigenvalue weighted by Crippen LogP contribution is -2.10. The molecule has 0 bridgehead atoms. The molecule has 2 nitrogen and oxygen atoms in total. The molecule has 2 heteroatoms. The van der Waals surface area contributed by atoms with Gasteiger partial charge in [-0.2, -0.15) is 0 Å². The standard InChI is InChI=1S/C19H31NO/c1-4-18-19(21-3)14-17(12-13-20-18)15(2)8-5-6-9-16-10-7-11-16/h12-16,20H,4-11H2,1-3H3. The van der Waals surface area contributed by atoms with Crippen LogP contribution < -0.4 is 5.32 Å². The van der Waals surface area contributed by atoms with E-state index in [1.54, 1.807) is 7.11 Å². The topological polar surface area (TPSA) is 21.3 Å². The van der Waals surface area contributed by atoms with Gasteiger partial charge in [-0.1, -0.05) is 52.4 Å². The monoisotopic (exact) mass is 289 g/mol. The second-order valence-corrected chi connectivity index (χ2v) is 6.50. The van der Waals surface area contributed by atoms with Gasteiger partial charge in [-0.25, -0.2) is 0 Å². The predicted octanol–water partition coefficient (Wildman–Crippen LogP) is 5.29. The summed E-state index contributed by atoms with van der Waals surface area (Å²) in [5.41, 5.74) is 2.55. The third-order valence-electron chi connectivity index (χ3n) is 5.00. The lowest BCUT2D eigenvalue weighted by Gasteiger charge is -2.25. The van der Waals surface area contributed by atoms with E-state index in [4.69, 9.17) is 4.74 Å². The maximum atomic E-state index is 5.54. The molecule has 118 valence electrons. The number of ether oxygens (including phenoxy) is 1. The Kier molecular flexibility index (Phi) is 6.41. The molecule has 0 saturated heterocycles. The highest BCUT2D eigenvalue weighted by atomic mass is 16.5. The summed E-state index contributed by atoms with van der Waals surface area (Å²) in [6.45, 7) is 4.49. The van der Waals surface area contributed by atoms with Gasteiger partial charge >= 0.3 is 0 Å². The Morgan fingerprint density at radius 2 is 2.14 bits per heavy atom. The molecule has 1 heterocycles. The number of methoxy groups -OCH3 is 1. The summed E-state index contributed by atoms with van der Waals surface area (Å²) in [5, 5.41) is 3.34. The van der Waals surface area contributed by atoms with Crippen LogP contribution >= 0.6 is 0 Å². The highest BCUT2D eigenvalue weighted by molar-refractivity contribution is 5.34. The van der Waals surface area contributed by atoms with Crippen molar-refractivity contribution in [3.8, 4) is 0 Å². The Hall–Kier alpha value is -1.18. The van der Waals surface area contributed by atoms with E-state index in [2.05, 4.69) is 37.5 Å². The van der Waals surface area contributed by atoms with E-state index in [0.717, 1.165) is 18.1 Å². The molecule has 0 aromatic rings. The first-order chi connectivity index (χ1) is 10.2. The molecule has 1 unspecified atom stereocenters. The van der Waals surface area contributed by atoms with Crippen molar-refractivity contribution < 1.29 is 4.74 Å². The van der Waals surface area contributed by atoms with E-state index in [9.17, 15) is 0 Å². The second-order valence-electron chi connectivity index (χ2n) is 6.50. The summed E-state index contributed by atoms with van der Waals surface area (Å²) in [4.78, 5) is 0. The minimum Gasteiger partial charge on any atom is -0.495 e. The van der Waals surface area contributed by atoms with E-state index in [1.807, 2.05) is 0 Å². The van der Waals surface area contributed by atoms with Crippen molar-refractivity contribution in [2.45, 2.75) is 65.2 Å². The van der Waals surface area contributed by atoms with Gasteiger partial charge in [-0.15, -0.1) is 0 Å².